The summed E-state index contributed by atoms with van der Waals surface area (Å²) in [4.78, 5) is 0.309. The van der Waals surface area contributed by atoms with Gasteiger partial charge < -0.3 is 0 Å². The summed E-state index contributed by atoms with van der Waals surface area (Å²) in [6.07, 6.45) is 0.694. The summed E-state index contributed by atoms with van der Waals surface area (Å²) in [6.45, 7) is 2.38. The molecule has 2 aromatic carbocycles. The molecule has 0 spiro atoms. The zero-order valence-corrected chi connectivity index (χ0v) is 14.5. The van der Waals surface area contributed by atoms with Crippen LogP contribution in [0.15, 0.2) is 57.9 Å². The quantitative estimate of drug-likeness (QED) is 0.809. The fraction of sp³-hybridized carbons (Fsp3) is 0.250. The average molecular weight is 368 g/mol. The zero-order chi connectivity index (χ0) is 15.5. The van der Waals surface area contributed by atoms with Crippen LogP contribution in [0.1, 0.15) is 11.1 Å². The lowest BCUT2D eigenvalue weighted by atomic mass is 10.2. The van der Waals surface area contributed by atoms with Crippen molar-refractivity contribution in [3.8, 4) is 0 Å². The van der Waals surface area contributed by atoms with E-state index >= 15 is 0 Å². The van der Waals surface area contributed by atoms with E-state index in [1.54, 1.807) is 13.1 Å². The summed E-state index contributed by atoms with van der Waals surface area (Å²) in [5, 5.41) is 0. The molecule has 0 fully saturated rings. The van der Waals surface area contributed by atoms with Crippen molar-refractivity contribution in [1.82, 2.24) is 4.31 Å². The predicted octanol–water partition coefficient (Wildman–Crippen LogP) is 3.62. The lowest BCUT2D eigenvalue weighted by molar-refractivity contribution is 0.472. The Kier molecular flexibility index (Phi) is 5.19. The Morgan fingerprint density at radius 3 is 2.38 bits per heavy atom. The molecule has 0 N–H and O–H groups in total. The first-order valence-corrected chi connectivity index (χ1v) is 8.91. The van der Waals surface area contributed by atoms with Crippen molar-refractivity contribution in [3.63, 3.8) is 0 Å². The largest absolute Gasteiger partial charge is 0.243 e. The first kappa shape index (κ1) is 16.2. The first-order chi connectivity index (χ1) is 9.91. The van der Waals surface area contributed by atoms with Crippen molar-refractivity contribution in [2.24, 2.45) is 0 Å². The molecule has 3 nitrogen and oxygen atoms in total. The van der Waals surface area contributed by atoms with Gasteiger partial charge in [-0.25, -0.2) is 12.7 Å². The molecule has 0 saturated heterocycles. The van der Waals surface area contributed by atoms with Crippen LogP contribution in [-0.4, -0.2) is 26.3 Å². The van der Waals surface area contributed by atoms with Gasteiger partial charge in [-0.15, -0.1) is 0 Å². The number of hydrogen-bond donors (Lipinski definition) is 0. The Bertz CT molecular complexity index is 714. The third-order valence-electron chi connectivity index (χ3n) is 3.33. The molecular formula is C16H18BrNO2S. The highest BCUT2D eigenvalue weighted by molar-refractivity contribution is 9.10. The second kappa shape index (κ2) is 6.73. The molecule has 0 heterocycles. The molecule has 0 aliphatic carbocycles. The molecule has 0 saturated carbocycles. The van der Waals surface area contributed by atoms with Gasteiger partial charge in [-0.2, -0.15) is 0 Å². The molecule has 21 heavy (non-hydrogen) atoms. The van der Waals surface area contributed by atoms with Gasteiger partial charge in [-0.05, 0) is 52.5 Å². The van der Waals surface area contributed by atoms with Gasteiger partial charge in [0, 0.05) is 18.1 Å². The standard InChI is InChI=1S/C16H18BrNO2S/c1-13-8-9-16(15(17)12-13)21(19,20)18(2)11-10-14-6-4-3-5-7-14/h3-9,12H,10-11H2,1-2H3. The van der Waals surface area contributed by atoms with Crippen LogP contribution in [0.2, 0.25) is 0 Å². The number of aryl methyl sites for hydroxylation is 1. The van der Waals surface area contributed by atoms with Crippen LogP contribution in [0.3, 0.4) is 0 Å². The van der Waals surface area contributed by atoms with Crippen LogP contribution < -0.4 is 0 Å². The second-order valence-electron chi connectivity index (χ2n) is 5.00. The molecule has 0 radical (unpaired) electrons. The number of rotatable bonds is 5. The maximum absolute atomic E-state index is 12.6. The third-order valence-corrected chi connectivity index (χ3v) is 6.17. The molecule has 0 bridgehead atoms. The monoisotopic (exact) mass is 367 g/mol. The van der Waals surface area contributed by atoms with Crippen molar-refractivity contribution in [1.29, 1.82) is 0 Å². The highest BCUT2D eigenvalue weighted by Gasteiger charge is 2.22. The van der Waals surface area contributed by atoms with E-state index in [0.29, 0.717) is 22.3 Å². The van der Waals surface area contributed by atoms with Crippen LogP contribution in [0.4, 0.5) is 0 Å². The summed E-state index contributed by atoms with van der Waals surface area (Å²) >= 11 is 3.34. The van der Waals surface area contributed by atoms with Crippen LogP contribution in [0, 0.1) is 6.92 Å². The Morgan fingerprint density at radius 1 is 1.10 bits per heavy atom. The Labute approximate surface area is 134 Å². The Morgan fingerprint density at radius 2 is 1.76 bits per heavy atom. The van der Waals surface area contributed by atoms with Crippen molar-refractivity contribution < 1.29 is 8.42 Å². The average Bonchev–Trinajstić information content (AvgIpc) is 2.45. The summed E-state index contributed by atoms with van der Waals surface area (Å²) in [5.41, 5.74) is 2.15. The summed E-state index contributed by atoms with van der Waals surface area (Å²) in [7, 11) is -1.85. The third kappa shape index (κ3) is 3.93. The predicted molar refractivity (Wildman–Crippen MR) is 88.8 cm³/mol. The van der Waals surface area contributed by atoms with Gasteiger partial charge in [-0.1, -0.05) is 36.4 Å². The van der Waals surface area contributed by atoms with Crippen molar-refractivity contribution in [2.75, 3.05) is 13.6 Å². The van der Waals surface area contributed by atoms with Crippen LogP contribution in [0.25, 0.3) is 0 Å². The second-order valence-corrected chi connectivity index (χ2v) is 7.86. The van der Waals surface area contributed by atoms with Crippen molar-refractivity contribution >= 4 is 26.0 Å². The molecule has 0 atom stereocenters. The minimum Gasteiger partial charge on any atom is -0.207 e. The lowest BCUT2D eigenvalue weighted by Crippen LogP contribution is -2.29. The smallest absolute Gasteiger partial charge is 0.207 e. The molecule has 0 aliphatic rings. The van der Waals surface area contributed by atoms with E-state index in [4.69, 9.17) is 0 Å². The minimum absolute atomic E-state index is 0.309. The maximum atomic E-state index is 12.6. The van der Waals surface area contributed by atoms with Crippen molar-refractivity contribution in [3.05, 3.63) is 64.1 Å². The number of sulfonamides is 1. The van der Waals surface area contributed by atoms with E-state index in [2.05, 4.69) is 15.9 Å². The SMILES string of the molecule is Cc1ccc(S(=O)(=O)N(C)CCc2ccccc2)c(Br)c1. The van der Waals surface area contributed by atoms with E-state index in [-0.39, 0.29) is 0 Å². The van der Waals surface area contributed by atoms with Gasteiger partial charge in [0.15, 0.2) is 0 Å². The Balaban J connectivity index is 2.15. The normalized spacial score (nSPS) is 11.8. The Hall–Kier alpha value is -1.17. The van der Waals surface area contributed by atoms with Crippen LogP contribution in [-0.2, 0) is 16.4 Å². The molecule has 112 valence electrons. The van der Waals surface area contributed by atoms with Gasteiger partial charge in [0.25, 0.3) is 0 Å². The summed E-state index contributed by atoms with van der Waals surface area (Å²) < 4.78 is 27.2. The van der Waals surface area contributed by atoms with E-state index in [1.165, 1.54) is 4.31 Å². The van der Waals surface area contributed by atoms with E-state index in [1.807, 2.05) is 49.4 Å². The minimum atomic E-state index is -3.47. The van der Waals surface area contributed by atoms with Gasteiger partial charge in [0.05, 0.1) is 4.90 Å². The fourth-order valence-electron chi connectivity index (χ4n) is 2.03. The molecule has 0 aliphatic heterocycles. The number of likely N-dealkylation sites (N-methyl/N-ethyl adjacent to an activating group) is 1. The first-order valence-electron chi connectivity index (χ1n) is 6.67. The molecule has 0 amide bonds. The number of nitrogens with zero attached hydrogens (tertiary/aromatic N) is 1. The van der Waals surface area contributed by atoms with E-state index in [9.17, 15) is 8.42 Å². The molecular weight excluding hydrogens is 350 g/mol. The molecule has 2 rings (SSSR count). The van der Waals surface area contributed by atoms with Gasteiger partial charge in [0.2, 0.25) is 10.0 Å². The van der Waals surface area contributed by atoms with Crippen molar-refractivity contribution in [2.45, 2.75) is 18.2 Å². The highest BCUT2D eigenvalue weighted by Crippen LogP contribution is 2.25. The van der Waals surface area contributed by atoms with E-state index in [0.717, 1.165) is 11.1 Å². The maximum Gasteiger partial charge on any atom is 0.243 e. The topological polar surface area (TPSA) is 37.4 Å². The van der Waals surface area contributed by atoms with Crippen LogP contribution >= 0.6 is 15.9 Å². The van der Waals surface area contributed by atoms with Gasteiger partial charge in [-0.3, -0.25) is 0 Å². The molecule has 0 aromatic heterocycles. The van der Waals surface area contributed by atoms with Crippen LogP contribution in [0.5, 0.6) is 0 Å². The molecule has 0 unspecified atom stereocenters. The van der Waals surface area contributed by atoms with Gasteiger partial charge in [0.1, 0.15) is 0 Å². The zero-order valence-electron chi connectivity index (χ0n) is 12.1. The molecule has 5 heteroatoms. The fourth-order valence-corrected chi connectivity index (χ4v) is 4.35. The lowest BCUT2D eigenvalue weighted by Gasteiger charge is -2.18. The number of halogens is 1. The van der Waals surface area contributed by atoms with E-state index < -0.39 is 10.0 Å². The number of hydrogen-bond acceptors (Lipinski definition) is 2. The number of benzene rings is 2. The molecule has 2 aromatic rings. The van der Waals surface area contributed by atoms with Gasteiger partial charge >= 0.3 is 0 Å². The highest BCUT2D eigenvalue weighted by atomic mass is 79.9. The summed E-state index contributed by atoms with van der Waals surface area (Å²) in [5.74, 6) is 0. The summed E-state index contributed by atoms with van der Waals surface area (Å²) in [6, 6.07) is 15.1.